The van der Waals surface area contributed by atoms with Crippen LogP contribution in [-0.2, 0) is 0 Å². The van der Waals surface area contributed by atoms with Gasteiger partial charge in [0.2, 0.25) is 0 Å². The number of hydrogen-bond donors (Lipinski definition) is 2. The van der Waals surface area contributed by atoms with Crippen LogP contribution in [0, 0.1) is 10.1 Å². The predicted octanol–water partition coefficient (Wildman–Crippen LogP) is 1.22. The van der Waals surface area contributed by atoms with Crippen molar-refractivity contribution in [2.45, 2.75) is 12.0 Å². The molecule has 16 heavy (non-hydrogen) atoms. The fraction of sp³-hybridized carbons (Fsp3) is 0.333. The summed E-state index contributed by atoms with van der Waals surface area (Å²) in [6.07, 6.45) is 0. The summed E-state index contributed by atoms with van der Waals surface area (Å²) in [7, 11) is 0. The number of aliphatic hydroxyl groups is 1. The zero-order valence-corrected chi connectivity index (χ0v) is 8.14. The number of nitro benzene ring substituents is 1. The lowest BCUT2D eigenvalue weighted by Crippen LogP contribution is -2.36. The van der Waals surface area contributed by atoms with Crippen LogP contribution in [0.4, 0.5) is 14.5 Å². The number of nitrogens with two attached hydrogens (primary N) is 1. The van der Waals surface area contributed by atoms with E-state index in [4.69, 9.17) is 10.8 Å². The van der Waals surface area contributed by atoms with E-state index in [0.717, 1.165) is 24.3 Å². The minimum absolute atomic E-state index is 0.0321. The molecule has 0 unspecified atom stereocenters. The van der Waals surface area contributed by atoms with Gasteiger partial charge in [0.05, 0.1) is 11.0 Å². The Bertz CT molecular complexity index is 381. The third kappa shape index (κ3) is 2.50. The lowest BCUT2D eigenvalue weighted by molar-refractivity contribution is -0.384. The zero-order chi connectivity index (χ0) is 12.3. The first-order valence-electron chi connectivity index (χ1n) is 4.37. The average Bonchev–Trinajstić information content (AvgIpc) is 2.28. The number of nitrogens with zero attached hydrogens (tertiary/aromatic N) is 1. The van der Waals surface area contributed by atoms with Crippen LogP contribution in [0.15, 0.2) is 24.3 Å². The highest BCUT2D eigenvalue weighted by atomic mass is 19.3. The van der Waals surface area contributed by atoms with Crippen molar-refractivity contribution < 1.29 is 18.8 Å². The largest absolute Gasteiger partial charge is 0.390 e. The molecule has 0 fully saturated rings. The Morgan fingerprint density at radius 2 is 1.94 bits per heavy atom. The summed E-state index contributed by atoms with van der Waals surface area (Å²) in [5.74, 6) is -3.45. The fourth-order valence-electron chi connectivity index (χ4n) is 1.15. The molecular formula is C9H10F2N2O3. The molecule has 1 rings (SSSR count). The molecule has 0 aromatic heterocycles. The zero-order valence-electron chi connectivity index (χ0n) is 8.14. The van der Waals surface area contributed by atoms with Gasteiger partial charge >= 0.3 is 0 Å². The molecule has 0 bridgehead atoms. The van der Waals surface area contributed by atoms with Crippen molar-refractivity contribution in [3.05, 3.63) is 39.9 Å². The molecule has 0 aliphatic carbocycles. The van der Waals surface area contributed by atoms with Gasteiger partial charge in [0, 0.05) is 12.1 Å². The van der Waals surface area contributed by atoms with Crippen molar-refractivity contribution in [3.8, 4) is 0 Å². The van der Waals surface area contributed by atoms with Gasteiger partial charge in [-0.2, -0.15) is 0 Å². The Morgan fingerprint density at radius 1 is 1.44 bits per heavy atom. The van der Waals surface area contributed by atoms with E-state index < -0.39 is 23.5 Å². The van der Waals surface area contributed by atoms with Gasteiger partial charge in [-0.25, -0.2) is 8.78 Å². The first kappa shape index (κ1) is 12.5. The maximum atomic E-state index is 13.0. The summed E-state index contributed by atoms with van der Waals surface area (Å²) in [5.41, 5.74) is 5.06. The standard InChI is InChI=1S/C9H10F2N2O3/c10-9(11,5-14)8(12)6-1-3-7(4-2-6)13(15)16/h1-4,8,14H,5,12H2/t8-/m1/s1. The minimum Gasteiger partial charge on any atom is -0.390 e. The molecule has 0 aliphatic heterocycles. The molecule has 0 radical (unpaired) electrons. The highest BCUT2D eigenvalue weighted by Gasteiger charge is 2.37. The normalized spacial score (nSPS) is 13.5. The summed E-state index contributed by atoms with van der Waals surface area (Å²) in [6.45, 7) is -1.37. The Morgan fingerprint density at radius 3 is 2.31 bits per heavy atom. The van der Waals surface area contributed by atoms with E-state index in [-0.39, 0.29) is 11.3 Å². The van der Waals surface area contributed by atoms with Crippen LogP contribution >= 0.6 is 0 Å². The van der Waals surface area contributed by atoms with E-state index in [0.29, 0.717) is 0 Å². The molecule has 1 aromatic rings. The quantitative estimate of drug-likeness (QED) is 0.603. The molecular weight excluding hydrogens is 222 g/mol. The molecule has 0 amide bonds. The van der Waals surface area contributed by atoms with E-state index in [9.17, 15) is 18.9 Å². The summed E-state index contributed by atoms with van der Waals surface area (Å²) in [6, 6.07) is 2.78. The Labute approximate surface area is 89.6 Å². The van der Waals surface area contributed by atoms with Crippen LogP contribution in [0.5, 0.6) is 0 Å². The van der Waals surface area contributed by atoms with Crippen molar-refractivity contribution in [2.75, 3.05) is 6.61 Å². The molecule has 5 nitrogen and oxygen atoms in total. The van der Waals surface area contributed by atoms with Crippen molar-refractivity contribution in [1.82, 2.24) is 0 Å². The van der Waals surface area contributed by atoms with Crippen LogP contribution in [0.3, 0.4) is 0 Å². The van der Waals surface area contributed by atoms with E-state index >= 15 is 0 Å². The second-order valence-electron chi connectivity index (χ2n) is 3.25. The van der Waals surface area contributed by atoms with E-state index in [1.165, 1.54) is 0 Å². The monoisotopic (exact) mass is 232 g/mol. The van der Waals surface area contributed by atoms with Crippen molar-refractivity contribution in [2.24, 2.45) is 5.73 Å². The maximum Gasteiger partial charge on any atom is 0.289 e. The lowest BCUT2D eigenvalue weighted by Gasteiger charge is -2.21. The first-order valence-corrected chi connectivity index (χ1v) is 4.37. The van der Waals surface area contributed by atoms with Gasteiger partial charge < -0.3 is 10.8 Å². The van der Waals surface area contributed by atoms with E-state index in [1.54, 1.807) is 0 Å². The Hall–Kier alpha value is -1.60. The van der Waals surface area contributed by atoms with Gasteiger partial charge in [-0.05, 0) is 5.56 Å². The van der Waals surface area contributed by atoms with Crippen molar-refractivity contribution in [3.63, 3.8) is 0 Å². The Kier molecular flexibility index (Phi) is 3.51. The third-order valence-corrected chi connectivity index (χ3v) is 2.13. The number of halogens is 2. The van der Waals surface area contributed by atoms with Gasteiger partial charge in [0.1, 0.15) is 6.61 Å². The smallest absolute Gasteiger partial charge is 0.289 e. The van der Waals surface area contributed by atoms with Crippen molar-refractivity contribution in [1.29, 1.82) is 0 Å². The molecule has 0 saturated carbocycles. The SMILES string of the molecule is N[C@H](c1ccc([N+](=O)[O-])cc1)C(F)(F)CO. The summed E-state index contributed by atoms with van der Waals surface area (Å²) in [5, 5.41) is 18.8. The third-order valence-electron chi connectivity index (χ3n) is 2.13. The predicted molar refractivity (Wildman–Crippen MR) is 52.1 cm³/mol. The van der Waals surface area contributed by atoms with Gasteiger partial charge in [0.25, 0.3) is 11.6 Å². The number of alkyl halides is 2. The number of non-ortho nitro benzene ring substituents is 1. The molecule has 88 valence electrons. The Balaban J connectivity index is 2.94. The number of rotatable bonds is 4. The first-order chi connectivity index (χ1) is 7.38. The van der Waals surface area contributed by atoms with Crippen LogP contribution < -0.4 is 5.73 Å². The van der Waals surface area contributed by atoms with E-state index in [1.807, 2.05) is 0 Å². The van der Waals surface area contributed by atoms with Gasteiger partial charge in [-0.1, -0.05) is 12.1 Å². The average molecular weight is 232 g/mol. The number of nitro groups is 1. The van der Waals surface area contributed by atoms with Crippen LogP contribution in [0.2, 0.25) is 0 Å². The van der Waals surface area contributed by atoms with Gasteiger partial charge in [-0.15, -0.1) is 0 Å². The van der Waals surface area contributed by atoms with Gasteiger partial charge in [0.15, 0.2) is 0 Å². The molecule has 0 aliphatic rings. The highest BCUT2D eigenvalue weighted by Crippen LogP contribution is 2.29. The van der Waals surface area contributed by atoms with E-state index in [2.05, 4.69) is 0 Å². The van der Waals surface area contributed by atoms with Crippen LogP contribution in [0.25, 0.3) is 0 Å². The maximum absolute atomic E-state index is 13.0. The molecule has 0 spiro atoms. The molecule has 1 atom stereocenters. The molecule has 1 aromatic carbocycles. The highest BCUT2D eigenvalue weighted by molar-refractivity contribution is 5.34. The molecule has 0 saturated heterocycles. The minimum atomic E-state index is -3.45. The summed E-state index contributed by atoms with van der Waals surface area (Å²) < 4.78 is 26.0. The summed E-state index contributed by atoms with van der Waals surface area (Å²) in [4.78, 5) is 9.68. The lowest BCUT2D eigenvalue weighted by atomic mass is 10.0. The van der Waals surface area contributed by atoms with Crippen LogP contribution in [-0.4, -0.2) is 22.6 Å². The van der Waals surface area contributed by atoms with Crippen molar-refractivity contribution >= 4 is 5.69 Å². The molecule has 0 heterocycles. The molecule has 3 N–H and O–H groups in total. The number of benzene rings is 1. The second kappa shape index (κ2) is 4.50. The number of hydrogen-bond acceptors (Lipinski definition) is 4. The summed E-state index contributed by atoms with van der Waals surface area (Å²) >= 11 is 0. The second-order valence-corrected chi connectivity index (χ2v) is 3.25. The fourth-order valence-corrected chi connectivity index (χ4v) is 1.15. The van der Waals surface area contributed by atoms with Gasteiger partial charge in [-0.3, -0.25) is 10.1 Å². The molecule has 7 heteroatoms. The van der Waals surface area contributed by atoms with Crippen LogP contribution in [0.1, 0.15) is 11.6 Å². The number of aliphatic hydroxyl groups excluding tert-OH is 1. The topological polar surface area (TPSA) is 89.4 Å².